The molecule has 0 fully saturated rings. The Kier molecular flexibility index (Phi) is 3.42. The van der Waals surface area contributed by atoms with E-state index >= 15 is 0 Å². The Hall–Kier alpha value is -2.29. The molecule has 1 unspecified atom stereocenters. The van der Waals surface area contributed by atoms with E-state index < -0.39 is 0 Å². The van der Waals surface area contributed by atoms with Gasteiger partial charge in [0.1, 0.15) is 18.1 Å². The predicted octanol–water partition coefficient (Wildman–Crippen LogP) is 3.67. The molecule has 3 rings (SSSR count). The number of hydrogen-bond acceptors (Lipinski definition) is 3. The summed E-state index contributed by atoms with van der Waals surface area (Å²) in [4.78, 5) is 12.9. The van der Waals surface area contributed by atoms with Crippen molar-refractivity contribution in [2.45, 2.75) is 19.8 Å². The first-order valence-electron chi connectivity index (χ1n) is 7.03. The maximum Gasteiger partial charge on any atom is 0.177 e. The van der Waals surface area contributed by atoms with Gasteiger partial charge < -0.3 is 9.47 Å². The average Bonchev–Trinajstić information content (AvgIpc) is 2.93. The van der Waals surface area contributed by atoms with Crippen LogP contribution in [-0.2, 0) is 0 Å². The van der Waals surface area contributed by atoms with Gasteiger partial charge in [0.2, 0.25) is 0 Å². The second-order valence-electron chi connectivity index (χ2n) is 5.35. The highest BCUT2D eigenvalue weighted by Gasteiger charge is 2.32. The molecule has 3 heteroatoms. The number of methoxy groups -OCH3 is 1. The number of Topliss-reactive ketones (excluding diaryl/α,β-unsaturated/α-hetero) is 1. The largest absolute Gasteiger partial charge is 0.496 e. The van der Waals surface area contributed by atoms with Crippen LogP contribution < -0.4 is 9.47 Å². The van der Waals surface area contributed by atoms with Gasteiger partial charge in [0.15, 0.2) is 5.78 Å². The summed E-state index contributed by atoms with van der Waals surface area (Å²) in [6.45, 7) is 4.39. The minimum absolute atomic E-state index is 0.0555. The third-order valence-electron chi connectivity index (χ3n) is 4.16. The lowest BCUT2D eigenvalue weighted by atomic mass is 9.90. The van der Waals surface area contributed by atoms with Crippen molar-refractivity contribution in [1.82, 2.24) is 0 Å². The van der Waals surface area contributed by atoms with E-state index in [1.807, 2.05) is 50.2 Å². The monoisotopic (exact) mass is 282 g/mol. The minimum atomic E-state index is -0.253. The van der Waals surface area contributed by atoms with Crippen molar-refractivity contribution < 1.29 is 14.3 Å². The quantitative estimate of drug-likeness (QED) is 0.806. The van der Waals surface area contributed by atoms with Crippen molar-refractivity contribution >= 4 is 5.78 Å². The summed E-state index contributed by atoms with van der Waals surface area (Å²) >= 11 is 0. The maximum atomic E-state index is 12.9. The number of ketones is 1. The fraction of sp³-hybridized carbons (Fsp3) is 0.278. The Balaban J connectivity index is 2.03. The van der Waals surface area contributed by atoms with Crippen LogP contribution in [-0.4, -0.2) is 19.5 Å². The molecule has 108 valence electrons. The van der Waals surface area contributed by atoms with Crippen molar-refractivity contribution in [3.8, 4) is 11.5 Å². The SMILES string of the molecule is COc1c(C(=O)C2COc3ccccc32)ccc(C)c1C. The van der Waals surface area contributed by atoms with E-state index in [4.69, 9.17) is 9.47 Å². The Morgan fingerprint density at radius 1 is 1.19 bits per heavy atom. The van der Waals surface area contributed by atoms with Crippen LogP contribution in [0.2, 0.25) is 0 Å². The zero-order valence-electron chi connectivity index (χ0n) is 12.5. The molecular formula is C18H18O3. The Labute approximate surface area is 124 Å². The number of carbonyl (C=O) groups excluding carboxylic acids is 1. The van der Waals surface area contributed by atoms with Gasteiger partial charge in [0, 0.05) is 5.56 Å². The van der Waals surface area contributed by atoms with Crippen molar-refractivity contribution in [2.75, 3.05) is 13.7 Å². The summed E-state index contributed by atoms with van der Waals surface area (Å²) in [6.07, 6.45) is 0. The van der Waals surface area contributed by atoms with Gasteiger partial charge in [0.05, 0.1) is 18.6 Å². The highest BCUT2D eigenvalue weighted by Crippen LogP contribution is 2.38. The molecule has 0 saturated heterocycles. The van der Waals surface area contributed by atoms with E-state index in [9.17, 15) is 4.79 Å². The summed E-state index contributed by atoms with van der Waals surface area (Å²) in [7, 11) is 1.61. The second-order valence-corrected chi connectivity index (χ2v) is 5.35. The smallest absolute Gasteiger partial charge is 0.177 e. The summed E-state index contributed by atoms with van der Waals surface area (Å²) in [5, 5.41) is 0. The van der Waals surface area contributed by atoms with E-state index in [2.05, 4.69) is 0 Å². The van der Waals surface area contributed by atoms with Crippen molar-refractivity contribution in [3.63, 3.8) is 0 Å². The van der Waals surface area contributed by atoms with Crippen molar-refractivity contribution in [1.29, 1.82) is 0 Å². The van der Waals surface area contributed by atoms with Crippen LogP contribution in [0.3, 0.4) is 0 Å². The van der Waals surface area contributed by atoms with Crippen LogP contribution in [0, 0.1) is 13.8 Å². The molecule has 0 aromatic heterocycles. The molecule has 21 heavy (non-hydrogen) atoms. The molecule has 1 aliphatic rings. The first-order valence-corrected chi connectivity index (χ1v) is 7.03. The van der Waals surface area contributed by atoms with E-state index in [1.165, 1.54) is 0 Å². The number of rotatable bonds is 3. The molecule has 0 aliphatic carbocycles. The van der Waals surface area contributed by atoms with E-state index in [0.29, 0.717) is 17.9 Å². The molecule has 2 aromatic rings. The second kappa shape index (κ2) is 5.24. The third kappa shape index (κ3) is 2.19. The van der Waals surface area contributed by atoms with Crippen LogP contribution in [0.4, 0.5) is 0 Å². The lowest BCUT2D eigenvalue weighted by Crippen LogP contribution is -2.16. The molecule has 0 N–H and O–H groups in total. The van der Waals surface area contributed by atoms with Gasteiger partial charge in [0.25, 0.3) is 0 Å². The third-order valence-corrected chi connectivity index (χ3v) is 4.16. The molecule has 1 atom stereocenters. The summed E-state index contributed by atoms with van der Waals surface area (Å²) < 4.78 is 11.1. The molecule has 3 nitrogen and oxygen atoms in total. The molecule has 0 amide bonds. The van der Waals surface area contributed by atoms with Gasteiger partial charge in [-0.15, -0.1) is 0 Å². The van der Waals surface area contributed by atoms with Gasteiger partial charge in [-0.3, -0.25) is 4.79 Å². The minimum Gasteiger partial charge on any atom is -0.496 e. The summed E-state index contributed by atoms with van der Waals surface area (Å²) in [5.74, 6) is 1.28. The molecule has 2 aromatic carbocycles. The highest BCUT2D eigenvalue weighted by atomic mass is 16.5. The normalized spacial score (nSPS) is 16.2. The van der Waals surface area contributed by atoms with E-state index in [0.717, 1.165) is 22.4 Å². The lowest BCUT2D eigenvalue weighted by molar-refractivity contribution is 0.0944. The molecule has 0 saturated carbocycles. The van der Waals surface area contributed by atoms with Crippen LogP contribution in [0.1, 0.15) is 33.0 Å². The van der Waals surface area contributed by atoms with Gasteiger partial charge in [-0.05, 0) is 37.1 Å². The lowest BCUT2D eigenvalue weighted by Gasteiger charge is -2.15. The van der Waals surface area contributed by atoms with E-state index in [-0.39, 0.29) is 11.7 Å². The molecule has 1 heterocycles. The topological polar surface area (TPSA) is 35.5 Å². The van der Waals surface area contributed by atoms with Gasteiger partial charge in [-0.2, -0.15) is 0 Å². The Bertz CT molecular complexity index is 704. The van der Waals surface area contributed by atoms with Crippen molar-refractivity contribution in [3.05, 3.63) is 58.7 Å². The zero-order valence-corrected chi connectivity index (χ0v) is 12.5. The fourth-order valence-corrected chi connectivity index (χ4v) is 2.81. The zero-order chi connectivity index (χ0) is 15.0. The molecular weight excluding hydrogens is 264 g/mol. The first-order chi connectivity index (χ1) is 10.1. The van der Waals surface area contributed by atoms with Gasteiger partial charge in [-0.25, -0.2) is 0 Å². The molecule has 0 bridgehead atoms. The summed E-state index contributed by atoms with van der Waals surface area (Å²) in [6, 6.07) is 11.5. The number of aryl methyl sites for hydroxylation is 1. The van der Waals surface area contributed by atoms with Gasteiger partial charge in [-0.1, -0.05) is 24.3 Å². The number of benzene rings is 2. The standard InChI is InChI=1S/C18H18O3/c1-11-8-9-14(18(20-3)12(11)2)17(19)15-10-21-16-7-5-4-6-13(15)16/h4-9,15H,10H2,1-3H3. The molecule has 0 spiro atoms. The van der Waals surface area contributed by atoms with Crippen LogP contribution >= 0.6 is 0 Å². The number of para-hydroxylation sites is 1. The molecule has 1 aliphatic heterocycles. The number of ether oxygens (including phenoxy) is 2. The number of carbonyl (C=O) groups is 1. The first kappa shape index (κ1) is 13.7. The van der Waals surface area contributed by atoms with Gasteiger partial charge >= 0.3 is 0 Å². The summed E-state index contributed by atoms with van der Waals surface area (Å²) in [5.41, 5.74) is 3.72. The maximum absolute atomic E-state index is 12.9. The van der Waals surface area contributed by atoms with Crippen molar-refractivity contribution in [2.24, 2.45) is 0 Å². The van der Waals surface area contributed by atoms with Crippen LogP contribution in [0.15, 0.2) is 36.4 Å². The van der Waals surface area contributed by atoms with Crippen LogP contribution in [0.25, 0.3) is 0 Å². The molecule has 0 radical (unpaired) electrons. The van der Waals surface area contributed by atoms with E-state index in [1.54, 1.807) is 7.11 Å². The number of hydrogen-bond donors (Lipinski definition) is 0. The fourth-order valence-electron chi connectivity index (χ4n) is 2.81. The highest BCUT2D eigenvalue weighted by molar-refractivity contribution is 6.04. The Morgan fingerprint density at radius 3 is 2.71 bits per heavy atom. The predicted molar refractivity (Wildman–Crippen MR) is 81.5 cm³/mol. The van der Waals surface area contributed by atoms with Crippen LogP contribution in [0.5, 0.6) is 11.5 Å². The number of fused-ring (bicyclic) bond motifs is 1. The Morgan fingerprint density at radius 2 is 1.95 bits per heavy atom. The average molecular weight is 282 g/mol.